The van der Waals surface area contributed by atoms with Crippen molar-refractivity contribution in [2.45, 2.75) is 32.2 Å². The molecular formula is C11H15NO5. The number of nitrogens with one attached hydrogen (secondary N) is 1. The zero-order valence-corrected chi connectivity index (χ0v) is 9.56. The van der Waals surface area contributed by atoms with Crippen LogP contribution in [0.25, 0.3) is 0 Å². The number of aliphatic carboxylic acids is 1. The van der Waals surface area contributed by atoms with Crippen molar-refractivity contribution >= 4 is 17.8 Å². The average Bonchev–Trinajstić information content (AvgIpc) is 2.26. The van der Waals surface area contributed by atoms with Crippen molar-refractivity contribution in [3.8, 4) is 12.3 Å². The minimum atomic E-state index is -1.20. The van der Waals surface area contributed by atoms with Crippen LogP contribution in [0.4, 0.5) is 0 Å². The number of carboxylic acids is 1. The maximum Gasteiger partial charge on any atom is 0.327 e. The second-order valence-electron chi connectivity index (χ2n) is 3.17. The molecule has 0 bridgehead atoms. The largest absolute Gasteiger partial charge is 0.480 e. The third kappa shape index (κ3) is 6.95. The number of amides is 1. The van der Waals surface area contributed by atoms with Crippen LogP contribution < -0.4 is 5.32 Å². The Morgan fingerprint density at radius 2 is 2.06 bits per heavy atom. The number of terminal acetylenes is 1. The van der Waals surface area contributed by atoms with E-state index in [4.69, 9.17) is 11.5 Å². The molecule has 17 heavy (non-hydrogen) atoms. The van der Waals surface area contributed by atoms with Gasteiger partial charge in [-0.1, -0.05) is 0 Å². The fourth-order valence-corrected chi connectivity index (χ4v) is 1.03. The van der Waals surface area contributed by atoms with Crippen LogP contribution in [0.1, 0.15) is 26.2 Å². The molecule has 0 aliphatic carbocycles. The third-order valence-corrected chi connectivity index (χ3v) is 1.82. The van der Waals surface area contributed by atoms with Crippen LogP contribution in [0.5, 0.6) is 0 Å². The summed E-state index contributed by atoms with van der Waals surface area (Å²) in [5, 5.41) is 10.9. The first-order valence-corrected chi connectivity index (χ1v) is 5.12. The van der Waals surface area contributed by atoms with Gasteiger partial charge in [0.25, 0.3) is 0 Å². The van der Waals surface area contributed by atoms with Crippen molar-refractivity contribution < 1.29 is 24.2 Å². The zero-order valence-electron chi connectivity index (χ0n) is 9.56. The third-order valence-electron chi connectivity index (χ3n) is 1.82. The van der Waals surface area contributed by atoms with Gasteiger partial charge in [-0.2, -0.15) is 0 Å². The molecular weight excluding hydrogens is 226 g/mol. The summed E-state index contributed by atoms with van der Waals surface area (Å²) in [6.07, 6.45) is 4.67. The van der Waals surface area contributed by atoms with Gasteiger partial charge >= 0.3 is 11.9 Å². The van der Waals surface area contributed by atoms with Crippen LogP contribution in [-0.4, -0.2) is 35.6 Å². The highest BCUT2D eigenvalue weighted by atomic mass is 16.5. The van der Waals surface area contributed by atoms with Gasteiger partial charge in [0.1, 0.15) is 6.04 Å². The summed E-state index contributed by atoms with van der Waals surface area (Å²) in [6.45, 7) is 1.90. The molecule has 1 amide bonds. The van der Waals surface area contributed by atoms with Gasteiger partial charge in [0.05, 0.1) is 13.0 Å². The Hall–Kier alpha value is -2.03. The van der Waals surface area contributed by atoms with E-state index in [2.05, 4.69) is 16.0 Å². The maximum absolute atomic E-state index is 11.3. The maximum atomic E-state index is 11.3. The summed E-state index contributed by atoms with van der Waals surface area (Å²) >= 11 is 0. The monoisotopic (exact) mass is 241 g/mol. The normalized spacial score (nSPS) is 11.1. The Morgan fingerprint density at radius 3 is 2.53 bits per heavy atom. The fourth-order valence-electron chi connectivity index (χ4n) is 1.03. The van der Waals surface area contributed by atoms with Gasteiger partial charge < -0.3 is 15.2 Å². The Kier molecular flexibility index (Phi) is 7.19. The first-order chi connectivity index (χ1) is 8.01. The molecule has 0 aromatic heterocycles. The van der Waals surface area contributed by atoms with Crippen molar-refractivity contribution in [3.05, 3.63) is 0 Å². The number of rotatable bonds is 7. The molecule has 0 aromatic rings. The second-order valence-corrected chi connectivity index (χ2v) is 3.17. The lowest BCUT2D eigenvalue weighted by molar-refractivity contribution is -0.144. The predicted molar refractivity (Wildman–Crippen MR) is 58.9 cm³/mol. The minimum Gasteiger partial charge on any atom is -0.480 e. The van der Waals surface area contributed by atoms with Crippen LogP contribution in [-0.2, 0) is 19.1 Å². The molecule has 0 fully saturated rings. The summed E-state index contributed by atoms with van der Waals surface area (Å²) in [5.41, 5.74) is 0. The van der Waals surface area contributed by atoms with E-state index in [1.165, 1.54) is 0 Å². The van der Waals surface area contributed by atoms with Crippen LogP contribution in [0.15, 0.2) is 0 Å². The van der Waals surface area contributed by atoms with Crippen molar-refractivity contribution in [1.82, 2.24) is 5.32 Å². The van der Waals surface area contributed by atoms with Crippen molar-refractivity contribution in [1.29, 1.82) is 0 Å². The Bertz CT molecular complexity index is 331. The lowest BCUT2D eigenvalue weighted by Crippen LogP contribution is -2.40. The number of hydrogen-bond donors (Lipinski definition) is 2. The molecule has 0 aliphatic heterocycles. The molecule has 0 unspecified atom stereocenters. The van der Waals surface area contributed by atoms with E-state index in [-0.39, 0.29) is 25.9 Å². The van der Waals surface area contributed by atoms with Gasteiger partial charge in [-0.15, -0.1) is 12.3 Å². The van der Waals surface area contributed by atoms with E-state index in [1.54, 1.807) is 6.92 Å². The van der Waals surface area contributed by atoms with Crippen molar-refractivity contribution in [3.63, 3.8) is 0 Å². The minimum absolute atomic E-state index is 0.0813. The van der Waals surface area contributed by atoms with E-state index in [1.807, 2.05) is 0 Å². The first-order valence-electron chi connectivity index (χ1n) is 5.12. The smallest absolute Gasteiger partial charge is 0.327 e. The lowest BCUT2D eigenvalue weighted by Gasteiger charge is -2.11. The molecule has 94 valence electrons. The molecule has 0 rings (SSSR count). The number of carbonyl (C=O) groups is 3. The number of hydrogen-bond acceptors (Lipinski definition) is 4. The molecule has 0 aromatic carbocycles. The number of carboxylic acid groups (broad SMARTS) is 1. The fraction of sp³-hybridized carbons (Fsp3) is 0.545. The van der Waals surface area contributed by atoms with Gasteiger partial charge in [-0.25, -0.2) is 4.79 Å². The van der Waals surface area contributed by atoms with Gasteiger partial charge in [-0.3, -0.25) is 9.59 Å². The van der Waals surface area contributed by atoms with Crippen LogP contribution in [0.2, 0.25) is 0 Å². The molecule has 0 heterocycles. The predicted octanol–water partition coefficient (Wildman–Crippen LogP) is -0.0776. The van der Waals surface area contributed by atoms with Crippen LogP contribution >= 0.6 is 0 Å². The molecule has 2 N–H and O–H groups in total. The number of carbonyl (C=O) groups excluding carboxylic acids is 2. The van der Waals surface area contributed by atoms with E-state index in [0.717, 1.165) is 0 Å². The van der Waals surface area contributed by atoms with Crippen LogP contribution in [0.3, 0.4) is 0 Å². The quantitative estimate of drug-likeness (QED) is 0.480. The first kappa shape index (κ1) is 15.0. The van der Waals surface area contributed by atoms with Crippen LogP contribution in [0, 0.1) is 12.3 Å². The molecule has 0 aliphatic rings. The second kappa shape index (κ2) is 8.16. The van der Waals surface area contributed by atoms with E-state index >= 15 is 0 Å². The number of ether oxygens (including phenoxy) is 1. The molecule has 0 spiro atoms. The van der Waals surface area contributed by atoms with E-state index in [9.17, 15) is 14.4 Å². The topological polar surface area (TPSA) is 92.7 Å². The number of esters is 1. The van der Waals surface area contributed by atoms with Crippen molar-refractivity contribution in [2.75, 3.05) is 6.61 Å². The average molecular weight is 241 g/mol. The summed E-state index contributed by atoms with van der Waals surface area (Å²) in [6, 6.07) is -1.12. The molecule has 0 radical (unpaired) electrons. The standard InChI is InChI=1S/C11H15NO5/c1-3-5-8(11(15)16)12-9(13)6-7-10(14)17-4-2/h1,8H,4-7H2,2H3,(H,12,13)(H,15,16)/t8-/m1/s1. The summed E-state index contributed by atoms with van der Waals surface area (Å²) in [5.74, 6) is -0.0840. The summed E-state index contributed by atoms with van der Waals surface area (Å²) in [7, 11) is 0. The van der Waals surface area contributed by atoms with E-state index in [0.29, 0.717) is 0 Å². The highest BCUT2D eigenvalue weighted by molar-refractivity contribution is 5.85. The molecule has 1 atom stereocenters. The highest BCUT2D eigenvalue weighted by Gasteiger charge is 2.19. The van der Waals surface area contributed by atoms with Gasteiger partial charge in [0.15, 0.2) is 0 Å². The Morgan fingerprint density at radius 1 is 1.41 bits per heavy atom. The molecule has 0 saturated heterocycles. The van der Waals surface area contributed by atoms with Gasteiger partial charge in [0.2, 0.25) is 5.91 Å². The lowest BCUT2D eigenvalue weighted by atomic mass is 10.2. The van der Waals surface area contributed by atoms with Gasteiger partial charge in [0, 0.05) is 12.8 Å². The van der Waals surface area contributed by atoms with Gasteiger partial charge in [-0.05, 0) is 6.92 Å². The SMILES string of the molecule is C#CC[C@@H](NC(=O)CCC(=O)OCC)C(=O)O. The summed E-state index contributed by atoms with van der Waals surface area (Å²) < 4.78 is 4.62. The highest BCUT2D eigenvalue weighted by Crippen LogP contribution is 1.96. The molecule has 6 heteroatoms. The molecule has 6 nitrogen and oxygen atoms in total. The Balaban J connectivity index is 4.03. The van der Waals surface area contributed by atoms with E-state index < -0.39 is 23.9 Å². The Labute approximate surface area is 99.3 Å². The summed E-state index contributed by atoms with van der Waals surface area (Å²) in [4.78, 5) is 32.9. The van der Waals surface area contributed by atoms with Crippen molar-refractivity contribution in [2.24, 2.45) is 0 Å². The molecule has 0 saturated carbocycles. The zero-order chi connectivity index (χ0) is 13.3.